The number of rotatable bonds is 5. The molecule has 2 unspecified atom stereocenters. The average Bonchev–Trinajstić information content (AvgIpc) is 2.48. The zero-order chi connectivity index (χ0) is 14.4. The Hall–Kier alpha value is -1.03. The summed E-state index contributed by atoms with van der Waals surface area (Å²) >= 11 is 3.56. The van der Waals surface area contributed by atoms with Crippen LogP contribution in [0.4, 0.5) is 0 Å². The maximum atomic E-state index is 12.5. The summed E-state index contributed by atoms with van der Waals surface area (Å²) in [6, 6.07) is 7.71. The molecule has 2 atom stereocenters. The number of benzene rings is 1. The molecule has 1 saturated carbocycles. The number of carbonyl (C=O) groups is 1. The molecule has 4 heteroatoms. The van der Waals surface area contributed by atoms with Crippen LogP contribution in [0, 0.1) is 5.92 Å². The molecule has 0 saturated heterocycles. The third kappa shape index (κ3) is 3.75. The number of hydrogen-bond acceptors (Lipinski definition) is 2. The van der Waals surface area contributed by atoms with Crippen LogP contribution in [0.2, 0.25) is 0 Å². The lowest BCUT2D eigenvalue weighted by atomic mass is 9.86. The summed E-state index contributed by atoms with van der Waals surface area (Å²) in [5.74, 6) is 1.18. The Labute approximate surface area is 129 Å². The Bertz CT molecular complexity index is 450. The fraction of sp³-hybridized carbons (Fsp3) is 0.562. The van der Waals surface area contributed by atoms with Crippen molar-refractivity contribution in [2.75, 3.05) is 11.9 Å². The van der Waals surface area contributed by atoms with Gasteiger partial charge in [-0.15, -0.1) is 0 Å². The third-order valence-electron chi connectivity index (χ3n) is 3.86. The first kappa shape index (κ1) is 15.4. The number of ether oxygens (including phenoxy) is 1. The molecule has 20 heavy (non-hydrogen) atoms. The number of carbonyl (C=O) groups excluding carboxylic acids is 1. The molecular weight excluding hydrogens is 318 g/mol. The molecule has 2 rings (SSSR count). The fourth-order valence-corrected chi connectivity index (χ4v) is 3.54. The van der Waals surface area contributed by atoms with Crippen LogP contribution in [0.25, 0.3) is 0 Å². The number of para-hydroxylation sites is 1. The van der Waals surface area contributed by atoms with E-state index in [2.05, 4.69) is 21.2 Å². The van der Waals surface area contributed by atoms with Crippen molar-refractivity contribution in [3.8, 4) is 5.75 Å². The maximum Gasteiger partial charge on any atom is 0.255 e. The van der Waals surface area contributed by atoms with Crippen LogP contribution in [-0.4, -0.2) is 23.9 Å². The smallest absolute Gasteiger partial charge is 0.255 e. The lowest BCUT2D eigenvalue weighted by Crippen LogP contribution is -2.42. The number of hydrogen-bond donors (Lipinski definition) is 1. The SMILES string of the molecule is CCOc1ccccc1C(=O)NC1CCCCC1CBr. The molecule has 0 heterocycles. The monoisotopic (exact) mass is 339 g/mol. The lowest BCUT2D eigenvalue weighted by Gasteiger charge is -2.31. The van der Waals surface area contributed by atoms with Crippen LogP contribution < -0.4 is 10.1 Å². The Morgan fingerprint density at radius 2 is 2.10 bits per heavy atom. The normalized spacial score (nSPS) is 22.3. The fourth-order valence-electron chi connectivity index (χ4n) is 2.76. The molecular formula is C16H22BrNO2. The molecule has 1 aromatic rings. The topological polar surface area (TPSA) is 38.3 Å². The second kappa shape index (κ2) is 7.67. The van der Waals surface area contributed by atoms with E-state index >= 15 is 0 Å². The van der Waals surface area contributed by atoms with Crippen LogP contribution in [0.15, 0.2) is 24.3 Å². The van der Waals surface area contributed by atoms with Crippen molar-refractivity contribution < 1.29 is 9.53 Å². The van der Waals surface area contributed by atoms with Gasteiger partial charge in [0.1, 0.15) is 5.75 Å². The van der Waals surface area contributed by atoms with Gasteiger partial charge in [-0.1, -0.05) is 40.9 Å². The Balaban J connectivity index is 2.07. The van der Waals surface area contributed by atoms with Crippen molar-refractivity contribution in [1.82, 2.24) is 5.32 Å². The number of amides is 1. The summed E-state index contributed by atoms with van der Waals surface area (Å²) in [7, 11) is 0. The predicted molar refractivity (Wildman–Crippen MR) is 84.6 cm³/mol. The quantitative estimate of drug-likeness (QED) is 0.829. The first-order chi connectivity index (χ1) is 9.76. The van der Waals surface area contributed by atoms with E-state index in [1.54, 1.807) is 0 Å². The average molecular weight is 340 g/mol. The summed E-state index contributed by atoms with van der Waals surface area (Å²) in [5, 5.41) is 4.14. The largest absolute Gasteiger partial charge is 0.493 e. The lowest BCUT2D eigenvalue weighted by molar-refractivity contribution is 0.0908. The highest BCUT2D eigenvalue weighted by Gasteiger charge is 2.26. The molecule has 1 N–H and O–H groups in total. The standard InChI is InChI=1S/C16H22BrNO2/c1-2-20-15-10-6-4-8-13(15)16(19)18-14-9-5-3-7-12(14)11-17/h4,6,8,10,12,14H,2-3,5,7,9,11H2,1H3,(H,18,19). The molecule has 110 valence electrons. The predicted octanol–water partition coefficient (Wildman–Crippen LogP) is 3.77. The van der Waals surface area contributed by atoms with Crippen molar-refractivity contribution >= 4 is 21.8 Å². The van der Waals surface area contributed by atoms with Crippen molar-refractivity contribution in [1.29, 1.82) is 0 Å². The molecule has 0 radical (unpaired) electrons. The van der Waals surface area contributed by atoms with E-state index in [9.17, 15) is 4.79 Å². The molecule has 0 bridgehead atoms. The Morgan fingerprint density at radius 1 is 1.35 bits per heavy atom. The third-order valence-corrected chi connectivity index (χ3v) is 4.69. The molecule has 1 aliphatic rings. The highest BCUT2D eigenvalue weighted by Crippen LogP contribution is 2.27. The molecule has 1 aliphatic carbocycles. The van der Waals surface area contributed by atoms with Gasteiger partial charge in [-0.25, -0.2) is 0 Å². The first-order valence-corrected chi connectivity index (χ1v) is 8.47. The number of halogens is 1. The highest BCUT2D eigenvalue weighted by atomic mass is 79.9. The van der Waals surface area contributed by atoms with Gasteiger partial charge in [-0.3, -0.25) is 4.79 Å². The van der Waals surface area contributed by atoms with Crippen molar-refractivity contribution in [2.24, 2.45) is 5.92 Å². The molecule has 1 aromatic carbocycles. The molecule has 0 spiro atoms. The second-order valence-corrected chi connectivity index (χ2v) is 5.86. The van der Waals surface area contributed by atoms with Gasteiger partial charge < -0.3 is 10.1 Å². The summed E-state index contributed by atoms with van der Waals surface area (Å²) in [6.45, 7) is 2.49. The summed E-state index contributed by atoms with van der Waals surface area (Å²) in [6.07, 6.45) is 4.71. The van der Waals surface area contributed by atoms with Crippen LogP contribution in [0.5, 0.6) is 5.75 Å². The van der Waals surface area contributed by atoms with Crippen molar-refractivity contribution in [3.05, 3.63) is 29.8 Å². The zero-order valence-electron chi connectivity index (χ0n) is 11.9. The van der Waals surface area contributed by atoms with Crippen LogP contribution in [0.3, 0.4) is 0 Å². The van der Waals surface area contributed by atoms with E-state index in [4.69, 9.17) is 4.74 Å². The Kier molecular flexibility index (Phi) is 5.89. The first-order valence-electron chi connectivity index (χ1n) is 7.35. The van der Waals surface area contributed by atoms with Crippen LogP contribution in [-0.2, 0) is 0 Å². The molecule has 3 nitrogen and oxygen atoms in total. The van der Waals surface area contributed by atoms with Gasteiger partial charge in [-0.2, -0.15) is 0 Å². The van der Waals surface area contributed by atoms with Gasteiger partial charge in [0.2, 0.25) is 0 Å². The maximum absolute atomic E-state index is 12.5. The van der Waals surface area contributed by atoms with Crippen molar-refractivity contribution in [2.45, 2.75) is 38.6 Å². The van der Waals surface area contributed by atoms with Crippen LogP contribution >= 0.6 is 15.9 Å². The van der Waals surface area contributed by atoms with Gasteiger partial charge in [0.05, 0.1) is 12.2 Å². The minimum absolute atomic E-state index is 0.0214. The summed E-state index contributed by atoms with van der Waals surface area (Å²) < 4.78 is 5.53. The molecule has 1 amide bonds. The van der Waals surface area contributed by atoms with E-state index < -0.39 is 0 Å². The number of nitrogens with one attached hydrogen (secondary N) is 1. The van der Waals surface area contributed by atoms with Gasteiger partial charge in [0, 0.05) is 11.4 Å². The minimum Gasteiger partial charge on any atom is -0.493 e. The van der Waals surface area contributed by atoms with Gasteiger partial charge in [0.15, 0.2) is 0 Å². The zero-order valence-corrected chi connectivity index (χ0v) is 13.5. The van der Waals surface area contributed by atoms with E-state index in [1.807, 2.05) is 31.2 Å². The molecule has 0 aliphatic heterocycles. The molecule has 0 aromatic heterocycles. The Morgan fingerprint density at radius 3 is 2.85 bits per heavy atom. The van der Waals surface area contributed by atoms with Gasteiger partial charge >= 0.3 is 0 Å². The minimum atomic E-state index is -0.0214. The highest BCUT2D eigenvalue weighted by molar-refractivity contribution is 9.09. The van der Waals surface area contributed by atoms with E-state index in [1.165, 1.54) is 19.3 Å². The van der Waals surface area contributed by atoms with E-state index in [0.29, 0.717) is 23.8 Å². The van der Waals surface area contributed by atoms with Crippen molar-refractivity contribution in [3.63, 3.8) is 0 Å². The number of alkyl halides is 1. The summed E-state index contributed by atoms with van der Waals surface area (Å²) in [5.41, 5.74) is 0.633. The van der Waals surface area contributed by atoms with Crippen LogP contribution in [0.1, 0.15) is 43.0 Å². The van der Waals surface area contributed by atoms with E-state index in [0.717, 1.165) is 11.8 Å². The van der Waals surface area contributed by atoms with Gasteiger partial charge in [-0.05, 0) is 37.8 Å². The second-order valence-electron chi connectivity index (χ2n) is 5.21. The summed E-state index contributed by atoms with van der Waals surface area (Å²) in [4.78, 5) is 12.5. The molecule has 1 fully saturated rings. The van der Waals surface area contributed by atoms with E-state index in [-0.39, 0.29) is 11.9 Å². The van der Waals surface area contributed by atoms with Gasteiger partial charge in [0.25, 0.3) is 5.91 Å².